The Morgan fingerprint density at radius 2 is 2.40 bits per heavy atom. The third-order valence-corrected chi connectivity index (χ3v) is 2.96. The van der Waals surface area contributed by atoms with Gasteiger partial charge in [0.1, 0.15) is 16.5 Å². The van der Waals surface area contributed by atoms with Crippen molar-refractivity contribution in [1.29, 1.82) is 0 Å². The molecule has 0 amide bonds. The first kappa shape index (κ1) is 10.6. The van der Waals surface area contributed by atoms with Gasteiger partial charge < -0.3 is 15.2 Å². The van der Waals surface area contributed by atoms with E-state index in [0.29, 0.717) is 17.4 Å². The van der Waals surface area contributed by atoms with Gasteiger partial charge in [0.25, 0.3) is 0 Å². The first-order chi connectivity index (χ1) is 7.24. The first-order valence-corrected chi connectivity index (χ1v) is 5.42. The molecule has 0 bridgehead atoms. The lowest BCUT2D eigenvalue weighted by molar-refractivity contribution is 0.354. The summed E-state index contributed by atoms with van der Waals surface area (Å²) in [6.07, 6.45) is 1.65. The van der Waals surface area contributed by atoms with Crippen LogP contribution in [-0.4, -0.2) is 25.3 Å². The largest absolute Gasteiger partial charge is 0.506 e. The summed E-state index contributed by atoms with van der Waals surface area (Å²) < 4.78 is 5.36. The zero-order chi connectivity index (χ0) is 10.8. The van der Waals surface area contributed by atoms with Crippen LogP contribution in [0.4, 0.5) is 0 Å². The fraction of sp³-hybridized carbons (Fsp3) is 0.455. The number of phenols is 1. The van der Waals surface area contributed by atoms with E-state index in [0.717, 1.165) is 30.5 Å². The highest BCUT2D eigenvalue weighted by molar-refractivity contribution is 6.33. The minimum absolute atomic E-state index is 0.160. The van der Waals surface area contributed by atoms with Crippen molar-refractivity contribution in [2.75, 3.05) is 20.2 Å². The molecule has 0 atom stereocenters. The molecular weight excluding hydrogens is 214 g/mol. The molecule has 1 aliphatic heterocycles. The van der Waals surface area contributed by atoms with Crippen LogP contribution in [0.2, 0.25) is 5.02 Å². The smallest absolute Gasteiger partial charge is 0.145 e. The lowest BCUT2D eigenvalue weighted by Gasteiger charge is -2.09. The van der Waals surface area contributed by atoms with E-state index >= 15 is 0 Å². The quantitative estimate of drug-likeness (QED) is 0.827. The summed E-state index contributed by atoms with van der Waals surface area (Å²) in [5.74, 6) is 0.815. The van der Waals surface area contributed by atoms with Crippen LogP contribution in [0.1, 0.15) is 11.1 Å². The van der Waals surface area contributed by atoms with E-state index in [1.807, 2.05) is 13.1 Å². The Morgan fingerprint density at radius 3 is 3.13 bits per heavy atom. The third kappa shape index (κ3) is 1.90. The maximum absolute atomic E-state index is 9.85. The normalized spacial score (nSPS) is 13.7. The third-order valence-electron chi connectivity index (χ3n) is 2.61. The molecule has 3 nitrogen and oxygen atoms in total. The van der Waals surface area contributed by atoms with Gasteiger partial charge in [-0.25, -0.2) is 0 Å². The predicted molar refractivity (Wildman–Crippen MR) is 59.9 cm³/mol. The number of rotatable bonds is 3. The molecule has 0 fully saturated rings. The number of fused-ring (bicyclic) bond motifs is 1. The summed E-state index contributed by atoms with van der Waals surface area (Å²) in [5, 5.41) is 13.3. The van der Waals surface area contributed by atoms with Crippen LogP contribution in [0.3, 0.4) is 0 Å². The Balaban J connectivity index is 2.36. The zero-order valence-corrected chi connectivity index (χ0v) is 9.40. The van der Waals surface area contributed by atoms with Gasteiger partial charge in [-0.1, -0.05) is 11.6 Å². The number of likely N-dealkylation sites (N-methyl/N-ethyl adjacent to an activating group) is 1. The highest BCUT2D eigenvalue weighted by atomic mass is 35.5. The fourth-order valence-corrected chi connectivity index (χ4v) is 2.09. The van der Waals surface area contributed by atoms with E-state index in [-0.39, 0.29) is 5.75 Å². The van der Waals surface area contributed by atoms with Crippen molar-refractivity contribution in [1.82, 2.24) is 5.32 Å². The summed E-state index contributed by atoms with van der Waals surface area (Å²) in [6.45, 7) is 1.48. The molecule has 4 heteroatoms. The van der Waals surface area contributed by atoms with E-state index in [2.05, 4.69) is 5.32 Å². The molecule has 0 radical (unpaired) electrons. The number of aromatic hydroxyl groups is 1. The van der Waals surface area contributed by atoms with Crippen molar-refractivity contribution in [3.8, 4) is 11.5 Å². The molecule has 1 aromatic rings. The van der Waals surface area contributed by atoms with Crippen LogP contribution in [-0.2, 0) is 12.8 Å². The number of halogens is 1. The average molecular weight is 228 g/mol. The van der Waals surface area contributed by atoms with Gasteiger partial charge in [-0.2, -0.15) is 0 Å². The molecule has 0 saturated heterocycles. The SMILES string of the molecule is CNCCc1cc2c(c(Cl)c1O)OCC2. The zero-order valence-electron chi connectivity index (χ0n) is 8.64. The monoisotopic (exact) mass is 227 g/mol. The van der Waals surface area contributed by atoms with Crippen molar-refractivity contribution < 1.29 is 9.84 Å². The number of ether oxygens (including phenoxy) is 1. The number of phenolic OH excluding ortho intramolecular Hbond substituents is 1. The van der Waals surface area contributed by atoms with Gasteiger partial charge in [-0.15, -0.1) is 0 Å². The van der Waals surface area contributed by atoms with Gasteiger partial charge in [-0.3, -0.25) is 0 Å². The van der Waals surface area contributed by atoms with Crippen LogP contribution < -0.4 is 10.1 Å². The number of nitrogens with one attached hydrogen (secondary N) is 1. The molecule has 15 heavy (non-hydrogen) atoms. The molecule has 1 heterocycles. The van der Waals surface area contributed by atoms with E-state index in [1.54, 1.807) is 0 Å². The molecular formula is C11H14ClNO2. The second kappa shape index (κ2) is 4.29. The highest BCUT2D eigenvalue weighted by Gasteiger charge is 2.21. The fourth-order valence-electron chi connectivity index (χ4n) is 1.79. The van der Waals surface area contributed by atoms with Crippen molar-refractivity contribution in [2.24, 2.45) is 0 Å². The van der Waals surface area contributed by atoms with Crippen molar-refractivity contribution in [3.05, 3.63) is 22.2 Å². The Hall–Kier alpha value is -0.930. The molecule has 2 rings (SSSR count). The summed E-state index contributed by atoms with van der Waals surface area (Å²) in [4.78, 5) is 0. The molecule has 1 aliphatic rings. The molecule has 0 saturated carbocycles. The summed E-state index contributed by atoms with van der Waals surface area (Å²) in [6, 6.07) is 1.99. The Kier molecular flexibility index (Phi) is 3.03. The Morgan fingerprint density at radius 1 is 1.60 bits per heavy atom. The minimum atomic E-state index is 0.160. The van der Waals surface area contributed by atoms with Crippen LogP contribution in [0, 0.1) is 0 Å². The molecule has 82 valence electrons. The minimum Gasteiger partial charge on any atom is -0.506 e. The van der Waals surface area contributed by atoms with Gasteiger partial charge in [-0.05, 0) is 37.2 Å². The van der Waals surface area contributed by atoms with Crippen LogP contribution in [0.15, 0.2) is 6.07 Å². The number of hydrogen-bond donors (Lipinski definition) is 2. The lowest BCUT2D eigenvalue weighted by Crippen LogP contribution is -2.10. The van der Waals surface area contributed by atoms with Crippen LogP contribution in [0.5, 0.6) is 11.5 Å². The molecule has 0 spiro atoms. The Labute approximate surface area is 94.0 Å². The number of hydrogen-bond acceptors (Lipinski definition) is 3. The lowest BCUT2D eigenvalue weighted by atomic mass is 10.0. The second-order valence-corrected chi connectivity index (χ2v) is 4.02. The summed E-state index contributed by atoms with van der Waals surface area (Å²) in [7, 11) is 1.88. The maximum atomic E-state index is 9.85. The maximum Gasteiger partial charge on any atom is 0.145 e. The van der Waals surface area contributed by atoms with Gasteiger partial charge in [0.05, 0.1) is 6.61 Å². The van der Waals surface area contributed by atoms with Crippen LogP contribution in [0.25, 0.3) is 0 Å². The van der Waals surface area contributed by atoms with E-state index in [4.69, 9.17) is 16.3 Å². The van der Waals surface area contributed by atoms with E-state index < -0.39 is 0 Å². The van der Waals surface area contributed by atoms with E-state index in [9.17, 15) is 5.11 Å². The number of benzene rings is 1. The Bertz CT molecular complexity index is 379. The van der Waals surface area contributed by atoms with Crippen molar-refractivity contribution >= 4 is 11.6 Å². The molecule has 1 aromatic carbocycles. The topological polar surface area (TPSA) is 41.5 Å². The summed E-state index contributed by atoms with van der Waals surface area (Å²) in [5.41, 5.74) is 1.99. The molecule has 0 unspecified atom stereocenters. The first-order valence-electron chi connectivity index (χ1n) is 5.04. The average Bonchev–Trinajstić information content (AvgIpc) is 2.69. The van der Waals surface area contributed by atoms with Crippen molar-refractivity contribution in [3.63, 3.8) is 0 Å². The second-order valence-electron chi connectivity index (χ2n) is 3.64. The molecule has 0 aliphatic carbocycles. The predicted octanol–water partition coefficient (Wildman–Crippen LogP) is 1.74. The van der Waals surface area contributed by atoms with Crippen LogP contribution >= 0.6 is 11.6 Å². The highest BCUT2D eigenvalue weighted by Crippen LogP contribution is 2.42. The van der Waals surface area contributed by atoms with Gasteiger partial charge >= 0.3 is 0 Å². The molecule has 2 N–H and O–H groups in total. The summed E-state index contributed by atoms with van der Waals surface area (Å²) >= 11 is 6.03. The molecule has 0 aromatic heterocycles. The van der Waals surface area contributed by atoms with Crippen molar-refractivity contribution in [2.45, 2.75) is 12.8 Å². The van der Waals surface area contributed by atoms with Gasteiger partial charge in [0.15, 0.2) is 0 Å². The van der Waals surface area contributed by atoms with Gasteiger partial charge in [0.2, 0.25) is 0 Å². The van der Waals surface area contributed by atoms with E-state index in [1.165, 1.54) is 0 Å². The van der Waals surface area contributed by atoms with Gasteiger partial charge in [0, 0.05) is 6.42 Å². The standard InChI is InChI=1S/C11H14ClNO2/c1-13-4-2-7-6-8-3-5-15-11(8)9(12)10(7)14/h6,13-14H,2-5H2,1H3.